The minimum atomic E-state index is -4.92. The minimum Gasteiger partial charge on any atom is -0.382 e. The predicted octanol–water partition coefficient (Wildman–Crippen LogP) is 3.58. The number of halogens is 6. The van der Waals surface area contributed by atoms with Crippen molar-refractivity contribution in [3.8, 4) is 0 Å². The molecule has 3 rings (SSSR count). The molecule has 9 heteroatoms. The average Bonchev–Trinajstić information content (AvgIpc) is 2.86. The molecule has 1 unspecified atom stereocenters. The van der Waals surface area contributed by atoms with Crippen LogP contribution in [-0.4, -0.2) is 27.0 Å². The molecule has 0 aliphatic heterocycles. The fourth-order valence-corrected chi connectivity index (χ4v) is 3.27. The lowest BCUT2D eigenvalue weighted by atomic mass is 9.94. The van der Waals surface area contributed by atoms with Gasteiger partial charge in [-0.05, 0) is 25.7 Å². The van der Waals surface area contributed by atoms with Gasteiger partial charge in [0.15, 0.2) is 5.69 Å². The van der Waals surface area contributed by atoms with E-state index in [1.807, 2.05) is 0 Å². The van der Waals surface area contributed by atoms with Crippen LogP contribution in [0.4, 0.5) is 26.3 Å². The van der Waals surface area contributed by atoms with Crippen molar-refractivity contribution >= 4 is 0 Å². The smallest absolute Gasteiger partial charge is 0.382 e. The van der Waals surface area contributed by atoms with E-state index in [0.29, 0.717) is 0 Å². The van der Waals surface area contributed by atoms with Gasteiger partial charge in [0.05, 0.1) is 18.2 Å². The first-order valence-corrected chi connectivity index (χ1v) is 6.99. The monoisotopic (exact) mass is 328 g/mol. The van der Waals surface area contributed by atoms with Crippen molar-refractivity contribution in [3.63, 3.8) is 0 Å². The molecule has 0 radical (unpaired) electrons. The summed E-state index contributed by atoms with van der Waals surface area (Å²) < 4.78 is 80.4. The highest BCUT2D eigenvalue weighted by molar-refractivity contribution is 5.38. The van der Waals surface area contributed by atoms with E-state index < -0.39 is 48.1 Å². The van der Waals surface area contributed by atoms with Gasteiger partial charge in [0.25, 0.3) is 5.92 Å². The van der Waals surface area contributed by atoms with Gasteiger partial charge in [-0.25, -0.2) is 13.2 Å². The number of hydrogen-bond acceptors (Lipinski definition) is 2. The van der Waals surface area contributed by atoms with Crippen LogP contribution in [0.2, 0.25) is 0 Å². The highest BCUT2D eigenvalue weighted by atomic mass is 19.4. The zero-order valence-electron chi connectivity index (χ0n) is 11.4. The van der Waals surface area contributed by atoms with Crippen LogP contribution in [-0.2, 0) is 12.6 Å². The second-order valence-corrected chi connectivity index (χ2v) is 5.90. The lowest BCUT2D eigenvalue weighted by Gasteiger charge is -2.26. The summed E-state index contributed by atoms with van der Waals surface area (Å²) in [4.78, 5) is 0. The second-order valence-electron chi connectivity index (χ2n) is 5.90. The first-order valence-electron chi connectivity index (χ1n) is 6.99. The van der Waals surface area contributed by atoms with Crippen molar-refractivity contribution in [2.45, 2.75) is 62.5 Å². The largest absolute Gasteiger partial charge is 0.435 e. The third-order valence-electron chi connectivity index (χ3n) is 4.37. The molecule has 3 nitrogen and oxygen atoms in total. The number of alkyl halides is 6. The van der Waals surface area contributed by atoms with E-state index in [0.717, 1.165) is 4.68 Å². The molecular formula is C13H14F6N2O. The Morgan fingerprint density at radius 3 is 2.27 bits per heavy atom. The van der Waals surface area contributed by atoms with E-state index >= 15 is 0 Å². The first kappa shape index (κ1) is 15.6. The summed E-state index contributed by atoms with van der Waals surface area (Å²) in [5.41, 5.74) is -2.58. The molecule has 1 aromatic rings. The molecule has 1 atom stereocenters. The van der Waals surface area contributed by atoms with Crippen molar-refractivity contribution < 1.29 is 31.4 Å². The molecule has 22 heavy (non-hydrogen) atoms. The molecule has 1 N–H and O–H groups in total. The number of fused-ring (bicyclic) bond motifs is 1. The Morgan fingerprint density at radius 2 is 1.73 bits per heavy atom. The van der Waals surface area contributed by atoms with Crippen molar-refractivity contribution in [2.24, 2.45) is 0 Å². The van der Waals surface area contributed by atoms with Crippen LogP contribution in [0.1, 0.15) is 54.8 Å². The lowest BCUT2D eigenvalue weighted by Crippen LogP contribution is -2.26. The number of aliphatic hydroxyl groups is 1. The summed E-state index contributed by atoms with van der Waals surface area (Å²) in [5, 5.41) is 13.0. The molecule has 1 saturated carbocycles. The Labute approximate surface area is 121 Å². The van der Waals surface area contributed by atoms with Crippen LogP contribution in [0.25, 0.3) is 0 Å². The van der Waals surface area contributed by atoms with Gasteiger partial charge in [-0.2, -0.15) is 18.3 Å². The summed E-state index contributed by atoms with van der Waals surface area (Å²) >= 11 is 0. The van der Waals surface area contributed by atoms with E-state index in [1.165, 1.54) is 0 Å². The Bertz CT molecular complexity index is 574. The van der Waals surface area contributed by atoms with Crippen molar-refractivity contribution in [2.75, 3.05) is 0 Å². The maximum absolute atomic E-state index is 13.6. The van der Waals surface area contributed by atoms with Gasteiger partial charge in [-0.1, -0.05) is 0 Å². The molecule has 1 heterocycles. The lowest BCUT2D eigenvalue weighted by molar-refractivity contribution is -0.146. The molecule has 0 aromatic carbocycles. The fourth-order valence-electron chi connectivity index (χ4n) is 3.27. The predicted molar refractivity (Wildman–Crippen MR) is 63.2 cm³/mol. The normalized spacial score (nSPS) is 31.3. The van der Waals surface area contributed by atoms with Crippen LogP contribution in [0.15, 0.2) is 0 Å². The molecule has 0 bridgehead atoms. The highest BCUT2D eigenvalue weighted by Crippen LogP contribution is 2.49. The van der Waals surface area contributed by atoms with E-state index in [4.69, 9.17) is 0 Å². The molecule has 2 aliphatic carbocycles. The van der Waals surface area contributed by atoms with Crippen LogP contribution < -0.4 is 0 Å². The summed E-state index contributed by atoms with van der Waals surface area (Å²) in [6.07, 6.45) is -8.61. The quantitative estimate of drug-likeness (QED) is 0.800. The van der Waals surface area contributed by atoms with Crippen LogP contribution in [0.3, 0.4) is 0 Å². The zero-order valence-corrected chi connectivity index (χ0v) is 11.4. The Hall–Kier alpha value is -1.25. The van der Waals surface area contributed by atoms with Crippen LogP contribution >= 0.6 is 0 Å². The number of aromatic nitrogens is 2. The standard InChI is InChI=1S/C13H14F6N2O/c14-6-1-3-7(4-2-6)21-8-5-12(15,16)11(22)9(8)10(20-21)13(17,18)19/h6-7,11,22H,1-5H2. The van der Waals surface area contributed by atoms with Gasteiger partial charge >= 0.3 is 6.18 Å². The topological polar surface area (TPSA) is 38.1 Å². The van der Waals surface area contributed by atoms with Gasteiger partial charge in [-0.15, -0.1) is 0 Å². The molecule has 0 spiro atoms. The maximum Gasteiger partial charge on any atom is 0.435 e. The number of hydrogen-bond donors (Lipinski definition) is 1. The Kier molecular flexibility index (Phi) is 3.46. The van der Waals surface area contributed by atoms with E-state index in [1.54, 1.807) is 0 Å². The van der Waals surface area contributed by atoms with Gasteiger partial charge in [-0.3, -0.25) is 4.68 Å². The molecule has 1 fully saturated rings. The SMILES string of the molecule is OC1c2c(C(F)(F)F)nn(C3CCC(F)CC3)c2CC1(F)F. The highest BCUT2D eigenvalue weighted by Gasteiger charge is 2.55. The van der Waals surface area contributed by atoms with Gasteiger partial charge < -0.3 is 5.11 Å². The fraction of sp³-hybridized carbons (Fsp3) is 0.769. The van der Waals surface area contributed by atoms with Crippen molar-refractivity contribution in [1.29, 1.82) is 0 Å². The van der Waals surface area contributed by atoms with Gasteiger partial charge in [0.2, 0.25) is 0 Å². The molecule has 124 valence electrons. The molecular weight excluding hydrogens is 314 g/mol. The number of nitrogens with zero attached hydrogens (tertiary/aromatic N) is 2. The summed E-state index contributed by atoms with van der Waals surface area (Å²) in [6.45, 7) is 0. The first-order chi connectivity index (χ1) is 10.1. The third-order valence-corrected chi connectivity index (χ3v) is 4.37. The number of aliphatic hydroxyl groups excluding tert-OH is 1. The Morgan fingerprint density at radius 1 is 1.14 bits per heavy atom. The Balaban J connectivity index is 2.05. The van der Waals surface area contributed by atoms with Gasteiger partial charge in [0.1, 0.15) is 12.3 Å². The van der Waals surface area contributed by atoms with Crippen LogP contribution in [0, 0.1) is 0 Å². The molecule has 1 aromatic heterocycles. The van der Waals surface area contributed by atoms with Crippen LogP contribution in [0.5, 0.6) is 0 Å². The molecule has 2 aliphatic rings. The third kappa shape index (κ3) is 2.39. The van der Waals surface area contributed by atoms with Gasteiger partial charge in [0, 0.05) is 5.56 Å². The summed E-state index contributed by atoms with van der Waals surface area (Å²) in [6, 6.07) is -0.544. The summed E-state index contributed by atoms with van der Waals surface area (Å²) in [7, 11) is 0. The summed E-state index contributed by atoms with van der Waals surface area (Å²) in [5.74, 6) is -3.65. The van der Waals surface area contributed by atoms with E-state index in [9.17, 15) is 31.4 Å². The zero-order chi connectivity index (χ0) is 16.3. The van der Waals surface area contributed by atoms with Crippen molar-refractivity contribution in [3.05, 3.63) is 17.0 Å². The average molecular weight is 328 g/mol. The molecule has 0 amide bonds. The second kappa shape index (κ2) is 4.87. The molecule has 0 saturated heterocycles. The maximum atomic E-state index is 13.6. The number of rotatable bonds is 1. The van der Waals surface area contributed by atoms with Crippen molar-refractivity contribution in [1.82, 2.24) is 9.78 Å². The minimum absolute atomic E-state index is 0.166. The van der Waals surface area contributed by atoms with E-state index in [-0.39, 0.29) is 31.4 Å². The van der Waals surface area contributed by atoms with E-state index in [2.05, 4.69) is 5.10 Å².